The molecule has 1 aromatic carbocycles. The number of halogens is 3. The topological polar surface area (TPSA) is 72.2 Å². The third-order valence-electron chi connectivity index (χ3n) is 2.20. The van der Waals surface area contributed by atoms with Gasteiger partial charge in [0.05, 0.1) is 4.92 Å². The minimum Gasteiger partial charge on any atom is -0.318 e. The molecule has 0 bridgehead atoms. The van der Waals surface area contributed by atoms with E-state index >= 15 is 0 Å². The SMILES string of the molecule is CC(CCl)C(=O)Nc1c([N+](=O)[O-])ccc(F)c1F. The van der Waals surface area contributed by atoms with E-state index in [-0.39, 0.29) is 5.88 Å². The molecule has 98 valence electrons. The molecule has 1 unspecified atom stereocenters. The molecule has 0 saturated carbocycles. The highest BCUT2D eigenvalue weighted by Crippen LogP contribution is 2.29. The van der Waals surface area contributed by atoms with Gasteiger partial charge < -0.3 is 5.32 Å². The van der Waals surface area contributed by atoms with Gasteiger partial charge >= 0.3 is 0 Å². The highest BCUT2D eigenvalue weighted by molar-refractivity contribution is 6.19. The van der Waals surface area contributed by atoms with Gasteiger partial charge in [0.2, 0.25) is 5.91 Å². The molecule has 1 aromatic rings. The molecule has 0 fully saturated rings. The number of nitrogens with zero attached hydrogens (tertiary/aromatic N) is 1. The number of carbonyl (C=O) groups is 1. The zero-order valence-electron chi connectivity index (χ0n) is 9.25. The van der Waals surface area contributed by atoms with Crippen LogP contribution in [0.3, 0.4) is 0 Å². The number of anilines is 1. The zero-order valence-corrected chi connectivity index (χ0v) is 10.0. The van der Waals surface area contributed by atoms with E-state index in [0.29, 0.717) is 6.07 Å². The van der Waals surface area contributed by atoms with Crippen LogP contribution >= 0.6 is 11.6 Å². The molecule has 1 N–H and O–H groups in total. The van der Waals surface area contributed by atoms with Crippen molar-refractivity contribution in [3.8, 4) is 0 Å². The number of hydrogen-bond acceptors (Lipinski definition) is 3. The third kappa shape index (κ3) is 2.92. The van der Waals surface area contributed by atoms with Crippen LogP contribution in [-0.2, 0) is 4.79 Å². The second kappa shape index (κ2) is 5.72. The van der Waals surface area contributed by atoms with Crippen molar-refractivity contribution in [2.75, 3.05) is 11.2 Å². The van der Waals surface area contributed by atoms with Gasteiger partial charge in [0.25, 0.3) is 5.69 Å². The van der Waals surface area contributed by atoms with E-state index in [1.54, 1.807) is 0 Å². The Morgan fingerprint density at radius 1 is 1.56 bits per heavy atom. The van der Waals surface area contributed by atoms with Gasteiger partial charge in [0, 0.05) is 17.9 Å². The summed E-state index contributed by atoms with van der Waals surface area (Å²) in [6.45, 7) is 1.45. The fraction of sp³-hybridized carbons (Fsp3) is 0.300. The summed E-state index contributed by atoms with van der Waals surface area (Å²) in [5.74, 6) is -4.21. The average molecular weight is 279 g/mol. The Bertz CT molecular complexity index is 496. The largest absolute Gasteiger partial charge is 0.318 e. The lowest BCUT2D eigenvalue weighted by Gasteiger charge is -2.10. The van der Waals surface area contributed by atoms with Crippen LogP contribution in [-0.4, -0.2) is 16.7 Å². The number of carbonyl (C=O) groups excluding carboxylic acids is 1. The van der Waals surface area contributed by atoms with Crippen LogP contribution in [0.1, 0.15) is 6.92 Å². The van der Waals surface area contributed by atoms with Gasteiger partial charge in [-0.3, -0.25) is 14.9 Å². The first kappa shape index (κ1) is 14.3. The second-order valence-electron chi connectivity index (χ2n) is 3.56. The van der Waals surface area contributed by atoms with Gasteiger partial charge in [0.1, 0.15) is 0 Å². The lowest BCUT2D eigenvalue weighted by atomic mass is 10.2. The molecule has 8 heteroatoms. The first-order valence-corrected chi connectivity index (χ1v) is 5.41. The van der Waals surface area contributed by atoms with Crippen LogP contribution in [0, 0.1) is 27.7 Å². The summed E-state index contributed by atoms with van der Waals surface area (Å²) in [5, 5.41) is 12.6. The molecule has 0 aromatic heterocycles. The van der Waals surface area contributed by atoms with Crippen molar-refractivity contribution in [3.63, 3.8) is 0 Å². The van der Waals surface area contributed by atoms with Gasteiger partial charge in [-0.1, -0.05) is 6.92 Å². The van der Waals surface area contributed by atoms with E-state index in [9.17, 15) is 23.7 Å². The summed E-state index contributed by atoms with van der Waals surface area (Å²) in [5.41, 5.74) is -1.51. The number of amides is 1. The fourth-order valence-electron chi connectivity index (χ4n) is 1.13. The van der Waals surface area contributed by atoms with Gasteiger partial charge in [-0.05, 0) is 6.07 Å². The normalized spacial score (nSPS) is 12.0. The zero-order chi connectivity index (χ0) is 13.9. The highest BCUT2D eigenvalue weighted by Gasteiger charge is 2.24. The molecule has 0 spiro atoms. The molecule has 0 saturated heterocycles. The van der Waals surface area contributed by atoms with Crippen molar-refractivity contribution < 1.29 is 18.5 Å². The molecule has 0 heterocycles. The Morgan fingerprint density at radius 2 is 2.17 bits per heavy atom. The minimum atomic E-state index is -1.47. The first-order valence-electron chi connectivity index (χ1n) is 4.87. The van der Waals surface area contributed by atoms with E-state index in [4.69, 9.17) is 11.6 Å². The quantitative estimate of drug-likeness (QED) is 0.523. The molecule has 0 radical (unpaired) electrons. The highest BCUT2D eigenvalue weighted by atomic mass is 35.5. The number of nitro benzene ring substituents is 1. The van der Waals surface area contributed by atoms with Crippen LogP contribution in [0.2, 0.25) is 0 Å². The van der Waals surface area contributed by atoms with Gasteiger partial charge in [-0.2, -0.15) is 0 Å². The minimum absolute atomic E-state index is 0.0451. The summed E-state index contributed by atoms with van der Waals surface area (Å²) in [7, 11) is 0. The third-order valence-corrected chi connectivity index (χ3v) is 2.66. The molecule has 0 aliphatic carbocycles. The Kier molecular flexibility index (Phi) is 4.55. The molecule has 1 rings (SSSR count). The second-order valence-corrected chi connectivity index (χ2v) is 3.87. The van der Waals surface area contributed by atoms with Crippen LogP contribution in [0.25, 0.3) is 0 Å². The molecule has 0 aliphatic rings. The lowest BCUT2D eigenvalue weighted by Crippen LogP contribution is -2.23. The maximum absolute atomic E-state index is 13.4. The van der Waals surface area contributed by atoms with Crippen molar-refractivity contribution in [1.29, 1.82) is 0 Å². The summed E-state index contributed by atoms with van der Waals surface area (Å²) < 4.78 is 26.4. The van der Waals surface area contributed by atoms with Crippen LogP contribution in [0.15, 0.2) is 12.1 Å². The van der Waals surface area contributed by atoms with Gasteiger partial charge in [-0.15, -0.1) is 11.6 Å². The van der Waals surface area contributed by atoms with E-state index < -0.39 is 39.8 Å². The Morgan fingerprint density at radius 3 is 2.67 bits per heavy atom. The van der Waals surface area contributed by atoms with E-state index in [1.807, 2.05) is 5.32 Å². The molecular formula is C10H9ClF2N2O3. The van der Waals surface area contributed by atoms with Crippen LogP contribution in [0.4, 0.5) is 20.2 Å². The fourth-order valence-corrected chi connectivity index (χ4v) is 1.27. The molecular weight excluding hydrogens is 270 g/mol. The maximum atomic E-state index is 13.4. The molecule has 18 heavy (non-hydrogen) atoms. The predicted octanol–water partition coefficient (Wildman–Crippen LogP) is 2.69. The standard InChI is InChI=1S/C10H9ClF2N2O3/c1-5(4-11)10(16)14-9-7(15(17)18)3-2-6(12)8(9)13/h2-3,5H,4H2,1H3,(H,14,16). The number of alkyl halides is 1. The van der Waals surface area contributed by atoms with E-state index in [1.165, 1.54) is 6.92 Å². The number of nitrogens with one attached hydrogen (secondary N) is 1. The Hall–Kier alpha value is -1.76. The number of benzene rings is 1. The molecule has 1 atom stereocenters. The monoisotopic (exact) mass is 278 g/mol. The van der Waals surface area contributed by atoms with Gasteiger partial charge in [0.15, 0.2) is 17.3 Å². The average Bonchev–Trinajstić information content (AvgIpc) is 2.33. The Balaban J connectivity index is 3.17. The van der Waals surface area contributed by atoms with Crippen molar-refractivity contribution in [3.05, 3.63) is 33.9 Å². The maximum Gasteiger partial charge on any atom is 0.296 e. The molecule has 0 aliphatic heterocycles. The number of rotatable bonds is 4. The first-order chi connectivity index (χ1) is 8.38. The summed E-state index contributed by atoms with van der Waals surface area (Å²) in [4.78, 5) is 21.2. The van der Waals surface area contributed by atoms with Gasteiger partial charge in [-0.25, -0.2) is 8.78 Å². The predicted molar refractivity (Wildman–Crippen MR) is 61.5 cm³/mol. The summed E-state index contributed by atoms with van der Waals surface area (Å²) >= 11 is 5.42. The Labute approximate surface area is 106 Å². The van der Waals surface area contributed by atoms with Crippen LogP contribution in [0.5, 0.6) is 0 Å². The number of hydrogen-bond donors (Lipinski definition) is 1. The van der Waals surface area contributed by atoms with Crippen molar-refractivity contribution >= 4 is 28.9 Å². The summed E-state index contributed by atoms with van der Waals surface area (Å²) in [6, 6.07) is 1.40. The molecule has 5 nitrogen and oxygen atoms in total. The summed E-state index contributed by atoms with van der Waals surface area (Å²) in [6.07, 6.45) is 0. The van der Waals surface area contributed by atoms with Crippen molar-refractivity contribution in [2.24, 2.45) is 5.92 Å². The van der Waals surface area contributed by atoms with Crippen molar-refractivity contribution in [2.45, 2.75) is 6.92 Å². The van der Waals surface area contributed by atoms with E-state index in [2.05, 4.69) is 0 Å². The number of nitro groups is 1. The van der Waals surface area contributed by atoms with E-state index in [0.717, 1.165) is 6.07 Å². The lowest BCUT2D eigenvalue weighted by molar-refractivity contribution is -0.384. The molecule has 1 amide bonds. The van der Waals surface area contributed by atoms with Crippen LogP contribution < -0.4 is 5.32 Å². The van der Waals surface area contributed by atoms with Crippen molar-refractivity contribution in [1.82, 2.24) is 0 Å². The smallest absolute Gasteiger partial charge is 0.296 e.